The molecule has 0 saturated heterocycles. The molecule has 0 aliphatic heterocycles. The fraction of sp³-hybridized carbons (Fsp3) is 0.417. The average molecular weight is 570 g/mol. The Hall–Kier alpha value is -2.12. The van der Waals surface area contributed by atoms with Crippen LogP contribution in [-0.4, -0.2) is 40.4 Å². The van der Waals surface area contributed by atoms with Crippen LogP contribution in [0.5, 0.6) is 0 Å². The number of fused-ring (bicyclic) bond motifs is 1. The second kappa shape index (κ2) is 12.2. The summed E-state index contributed by atoms with van der Waals surface area (Å²) in [6.45, 7) is 11.6. The first-order chi connectivity index (χ1) is 14.9. The van der Waals surface area contributed by atoms with Crippen LogP contribution in [0.1, 0.15) is 57.1 Å². The van der Waals surface area contributed by atoms with E-state index in [4.69, 9.17) is 11.2 Å². The molecule has 32 heavy (non-hydrogen) atoms. The van der Waals surface area contributed by atoms with Crippen LogP contribution in [0, 0.1) is 19.3 Å². The molecule has 0 aliphatic rings. The fourth-order valence-corrected chi connectivity index (χ4v) is 4.40. The normalized spacial score (nSPS) is 11.3. The van der Waals surface area contributed by atoms with Crippen LogP contribution in [0.4, 0.5) is 10.5 Å². The standard InChI is InChI=1S/C21H24IN3O3S.C3H8/c1-8-14(12-24(6)7)19(26)18-10-15-9-13(2)16(11-17(15)25(18)29-22)23-20(27)28-21(3,4)5;1-3-2/h1,9-12H,2-7H3,(H,23,27);3H2,1-2H3/b14-12+;. The molecule has 1 heterocycles. The Kier molecular flexibility index (Phi) is 10.6. The summed E-state index contributed by atoms with van der Waals surface area (Å²) in [5.74, 6) is 2.23. The van der Waals surface area contributed by atoms with Crippen molar-refractivity contribution in [3.05, 3.63) is 41.2 Å². The number of terminal acetylenes is 1. The van der Waals surface area contributed by atoms with Crippen LogP contribution in [0.15, 0.2) is 30.0 Å². The van der Waals surface area contributed by atoms with Gasteiger partial charge in [0, 0.05) is 61.7 Å². The van der Waals surface area contributed by atoms with E-state index in [0.717, 1.165) is 16.5 Å². The van der Waals surface area contributed by atoms with Crippen LogP contribution in [-0.2, 0) is 4.74 Å². The summed E-state index contributed by atoms with van der Waals surface area (Å²) in [4.78, 5) is 26.9. The van der Waals surface area contributed by atoms with Gasteiger partial charge in [0.15, 0.2) is 0 Å². The van der Waals surface area contributed by atoms with Crippen molar-refractivity contribution in [2.24, 2.45) is 0 Å². The Bertz CT molecular complexity index is 1040. The van der Waals surface area contributed by atoms with Crippen LogP contribution in [0.25, 0.3) is 10.9 Å². The number of carbonyl (C=O) groups excluding carboxylic acids is 2. The third-order valence-electron chi connectivity index (χ3n) is 3.83. The van der Waals surface area contributed by atoms with Gasteiger partial charge in [-0.25, -0.2) is 4.79 Å². The number of ether oxygens (including phenoxy) is 1. The second-order valence-corrected chi connectivity index (χ2v) is 10.1. The third kappa shape index (κ3) is 7.78. The molecule has 0 fully saturated rings. The number of anilines is 1. The number of rotatable bonds is 5. The Morgan fingerprint density at radius 3 is 2.34 bits per heavy atom. The Balaban J connectivity index is 0.00000161. The molecule has 1 aromatic carbocycles. The summed E-state index contributed by atoms with van der Waals surface area (Å²) < 4.78 is 7.14. The average Bonchev–Trinajstić information content (AvgIpc) is 3.02. The fourth-order valence-electron chi connectivity index (χ4n) is 2.68. The summed E-state index contributed by atoms with van der Waals surface area (Å²) in [6.07, 6.45) is 7.90. The molecule has 2 aromatic rings. The molecule has 1 amide bonds. The van der Waals surface area contributed by atoms with Crippen molar-refractivity contribution < 1.29 is 14.3 Å². The summed E-state index contributed by atoms with van der Waals surface area (Å²) >= 11 is 2.12. The molecule has 2 rings (SSSR count). The number of hydrogen-bond acceptors (Lipinski definition) is 5. The third-order valence-corrected chi connectivity index (χ3v) is 5.54. The van der Waals surface area contributed by atoms with Crippen molar-refractivity contribution in [3.63, 3.8) is 0 Å². The van der Waals surface area contributed by atoms with Crippen molar-refractivity contribution in [1.82, 2.24) is 8.87 Å². The first-order valence-electron chi connectivity index (χ1n) is 10.2. The van der Waals surface area contributed by atoms with E-state index in [1.807, 2.05) is 60.0 Å². The Morgan fingerprint density at radius 2 is 1.88 bits per heavy atom. The van der Waals surface area contributed by atoms with Gasteiger partial charge in [-0.2, -0.15) is 0 Å². The molecule has 8 heteroatoms. The number of benzene rings is 1. The summed E-state index contributed by atoms with van der Waals surface area (Å²) in [5, 5.41) is 3.67. The minimum Gasteiger partial charge on any atom is -0.444 e. The first kappa shape index (κ1) is 27.9. The lowest BCUT2D eigenvalue weighted by Crippen LogP contribution is -2.27. The number of amides is 1. The number of ketones is 1. The maximum Gasteiger partial charge on any atom is 0.412 e. The van der Waals surface area contributed by atoms with E-state index < -0.39 is 11.7 Å². The van der Waals surface area contributed by atoms with Gasteiger partial charge < -0.3 is 9.64 Å². The summed E-state index contributed by atoms with van der Waals surface area (Å²) in [6, 6.07) is 5.57. The van der Waals surface area contributed by atoms with E-state index in [1.165, 1.54) is 15.5 Å². The van der Waals surface area contributed by atoms with Gasteiger partial charge in [-0.3, -0.25) is 14.1 Å². The largest absolute Gasteiger partial charge is 0.444 e. The molecule has 0 spiro atoms. The van der Waals surface area contributed by atoms with Crippen LogP contribution < -0.4 is 5.32 Å². The summed E-state index contributed by atoms with van der Waals surface area (Å²) in [7, 11) is 4.98. The van der Waals surface area contributed by atoms with E-state index in [1.54, 1.807) is 15.1 Å². The molecule has 0 saturated carbocycles. The molecule has 0 unspecified atom stereocenters. The minimum atomic E-state index is -0.593. The summed E-state index contributed by atoms with van der Waals surface area (Å²) in [5.41, 5.74) is 2.43. The lowest BCUT2D eigenvalue weighted by atomic mass is 10.1. The van der Waals surface area contributed by atoms with Crippen molar-refractivity contribution in [3.8, 4) is 12.3 Å². The second-order valence-electron chi connectivity index (χ2n) is 8.43. The van der Waals surface area contributed by atoms with Crippen LogP contribution >= 0.6 is 30.3 Å². The zero-order valence-corrected chi connectivity index (χ0v) is 23.0. The van der Waals surface area contributed by atoms with Gasteiger partial charge in [0.25, 0.3) is 0 Å². The Labute approximate surface area is 207 Å². The van der Waals surface area contributed by atoms with E-state index in [-0.39, 0.29) is 11.4 Å². The lowest BCUT2D eigenvalue weighted by Gasteiger charge is -2.20. The highest BCUT2D eigenvalue weighted by atomic mass is 127. The number of Topliss-reactive ketones (excluding diaryl/α,β-unsaturated/α-hetero) is 1. The van der Waals surface area contributed by atoms with Gasteiger partial charge in [-0.15, -0.1) is 6.42 Å². The molecule has 1 N–H and O–H groups in total. The highest BCUT2D eigenvalue weighted by molar-refractivity contribution is 14.2. The van der Waals surface area contributed by atoms with Crippen molar-refractivity contribution in [2.45, 2.75) is 53.6 Å². The molecule has 0 bridgehead atoms. The van der Waals surface area contributed by atoms with Crippen LogP contribution in [0.3, 0.4) is 0 Å². The lowest BCUT2D eigenvalue weighted by molar-refractivity contribution is 0.0635. The number of hydrogen-bond donors (Lipinski definition) is 1. The Morgan fingerprint density at radius 1 is 1.28 bits per heavy atom. The van der Waals surface area contributed by atoms with Gasteiger partial charge in [-0.05, 0) is 51.5 Å². The number of carbonyl (C=O) groups is 2. The monoisotopic (exact) mass is 569 g/mol. The SMILES string of the molecule is C#C/C(=C\N(C)C)C(=O)c1cc2cc(C)c(NC(=O)OC(C)(C)C)cc2n1SI.CCC. The van der Waals surface area contributed by atoms with Gasteiger partial charge in [0.05, 0.1) is 11.1 Å². The highest BCUT2D eigenvalue weighted by Gasteiger charge is 2.21. The van der Waals surface area contributed by atoms with Gasteiger partial charge in [-0.1, -0.05) is 26.2 Å². The van der Waals surface area contributed by atoms with Crippen LogP contribution in [0.2, 0.25) is 0 Å². The molecule has 0 radical (unpaired) electrons. The molecule has 174 valence electrons. The zero-order chi connectivity index (χ0) is 24.6. The molecule has 1 aromatic heterocycles. The number of halogens is 1. The van der Waals surface area contributed by atoms with E-state index in [0.29, 0.717) is 11.4 Å². The predicted octanol–water partition coefficient (Wildman–Crippen LogP) is 6.82. The number of allylic oxidation sites excluding steroid dienone is 1. The number of aryl methyl sites for hydroxylation is 1. The predicted molar refractivity (Wildman–Crippen MR) is 144 cm³/mol. The maximum absolute atomic E-state index is 13.0. The quantitative estimate of drug-likeness (QED) is 0.185. The molecule has 0 aliphatic carbocycles. The molecule has 0 atom stereocenters. The zero-order valence-electron chi connectivity index (χ0n) is 20.0. The number of nitrogens with one attached hydrogen (secondary N) is 1. The highest BCUT2D eigenvalue weighted by Crippen LogP contribution is 2.33. The smallest absolute Gasteiger partial charge is 0.412 e. The molecule has 6 nitrogen and oxygen atoms in total. The van der Waals surface area contributed by atoms with E-state index in [9.17, 15) is 9.59 Å². The van der Waals surface area contributed by atoms with Gasteiger partial charge in [0.2, 0.25) is 5.78 Å². The van der Waals surface area contributed by atoms with Crippen molar-refractivity contribution >= 4 is 58.8 Å². The van der Waals surface area contributed by atoms with Crippen molar-refractivity contribution in [2.75, 3.05) is 19.4 Å². The van der Waals surface area contributed by atoms with E-state index in [2.05, 4.69) is 46.3 Å². The topological polar surface area (TPSA) is 63.6 Å². The van der Waals surface area contributed by atoms with Gasteiger partial charge in [0.1, 0.15) is 11.3 Å². The van der Waals surface area contributed by atoms with Gasteiger partial charge >= 0.3 is 6.09 Å². The maximum atomic E-state index is 13.0. The number of nitrogens with zero attached hydrogens (tertiary/aromatic N) is 2. The first-order valence-corrected chi connectivity index (χ1v) is 13.5. The number of aromatic nitrogens is 1. The van der Waals surface area contributed by atoms with E-state index >= 15 is 0 Å². The molecular formula is C24H32IN3O3S. The minimum absolute atomic E-state index is 0.235. The molecular weight excluding hydrogens is 537 g/mol. The van der Waals surface area contributed by atoms with Crippen molar-refractivity contribution in [1.29, 1.82) is 0 Å².